The molecule has 3 aromatic carbocycles. The predicted molar refractivity (Wildman–Crippen MR) is 142 cm³/mol. The number of carbonyl (C=O) groups excluding carboxylic acids is 3. The van der Waals surface area contributed by atoms with Gasteiger partial charge in [0.05, 0.1) is 19.1 Å². The van der Waals surface area contributed by atoms with Gasteiger partial charge < -0.3 is 20.1 Å². The molecule has 0 aliphatic carbocycles. The summed E-state index contributed by atoms with van der Waals surface area (Å²) in [7, 11) is 0. The Morgan fingerprint density at radius 3 is 2.24 bits per heavy atom. The van der Waals surface area contributed by atoms with E-state index in [1.54, 1.807) is 24.3 Å². The largest absolute Gasteiger partial charge is 0.438 e. The lowest BCUT2D eigenvalue weighted by molar-refractivity contribution is -0.126. The average Bonchev–Trinajstić information content (AvgIpc) is 3.57. The third-order valence-corrected chi connectivity index (χ3v) is 6.81. The highest BCUT2D eigenvalue weighted by Gasteiger charge is 2.47. The van der Waals surface area contributed by atoms with Crippen LogP contribution in [0.2, 0.25) is 0 Å². The first-order valence-corrected chi connectivity index (χ1v) is 12.9. The number of amides is 3. The molecule has 3 atom stereocenters. The number of hydrogen-bond acceptors (Lipinski definition) is 5. The van der Waals surface area contributed by atoms with E-state index in [0.717, 1.165) is 24.0 Å². The molecule has 2 aliphatic heterocycles. The number of rotatable bonds is 9. The van der Waals surface area contributed by atoms with Crippen molar-refractivity contribution in [3.8, 4) is 0 Å². The minimum Gasteiger partial charge on any atom is -0.438 e. The van der Waals surface area contributed by atoms with Crippen LogP contribution in [0.3, 0.4) is 0 Å². The van der Waals surface area contributed by atoms with Crippen LogP contribution in [0.4, 0.5) is 10.5 Å². The first-order chi connectivity index (χ1) is 18.6. The van der Waals surface area contributed by atoms with Gasteiger partial charge in [-0.3, -0.25) is 14.5 Å². The van der Waals surface area contributed by atoms with Crippen molar-refractivity contribution in [1.82, 2.24) is 10.2 Å². The van der Waals surface area contributed by atoms with Crippen LogP contribution in [0.25, 0.3) is 0 Å². The minimum atomic E-state index is -0.845. The van der Waals surface area contributed by atoms with Gasteiger partial charge in [0.2, 0.25) is 11.8 Å². The van der Waals surface area contributed by atoms with Crippen molar-refractivity contribution in [2.45, 2.75) is 44.1 Å². The second-order valence-electron chi connectivity index (χ2n) is 9.58. The Hall–Kier alpha value is -4.17. The standard InChI is InChI=1S/C30H31N3O5/c34-26(18-21-8-3-1-4-9-21)32-24-15-13-23(14-16-24)28-27(29(35)31-19-25-12-7-17-37-25)33(30(36)38-28)20-22-10-5-2-6-11-22/h1-6,8-11,13-16,25,27-28H,7,12,17-20H2,(H,31,35)(H,32,34)/t25-,27-,28+/m1/s1. The van der Waals surface area contributed by atoms with Crippen LogP contribution < -0.4 is 10.6 Å². The maximum atomic E-state index is 13.4. The van der Waals surface area contributed by atoms with Crippen LogP contribution >= 0.6 is 0 Å². The summed E-state index contributed by atoms with van der Waals surface area (Å²) in [4.78, 5) is 40.3. The molecule has 2 saturated heterocycles. The summed E-state index contributed by atoms with van der Waals surface area (Å²) in [5.74, 6) is -0.413. The highest BCUT2D eigenvalue weighted by atomic mass is 16.6. The molecule has 0 radical (unpaired) electrons. The zero-order valence-corrected chi connectivity index (χ0v) is 21.0. The molecule has 2 aliphatic rings. The lowest BCUT2D eigenvalue weighted by atomic mass is 10.00. The fourth-order valence-electron chi connectivity index (χ4n) is 4.86. The topological polar surface area (TPSA) is 97.0 Å². The van der Waals surface area contributed by atoms with Crippen LogP contribution in [0.1, 0.15) is 35.6 Å². The molecule has 8 nitrogen and oxygen atoms in total. The average molecular weight is 514 g/mol. The van der Waals surface area contributed by atoms with Crippen LogP contribution in [-0.4, -0.2) is 48.1 Å². The Labute approximate surface area is 221 Å². The normalized spacial score (nSPS) is 20.7. The molecule has 196 valence electrons. The summed E-state index contributed by atoms with van der Waals surface area (Å²) in [6.45, 7) is 1.34. The molecular weight excluding hydrogens is 482 g/mol. The Balaban J connectivity index is 1.30. The molecule has 2 fully saturated rings. The van der Waals surface area contributed by atoms with E-state index < -0.39 is 18.2 Å². The molecule has 2 heterocycles. The first-order valence-electron chi connectivity index (χ1n) is 12.9. The summed E-state index contributed by atoms with van der Waals surface area (Å²) in [6.07, 6.45) is 0.791. The lowest BCUT2D eigenvalue weighted by Crippen LogP contribution is -2.47. The summed E-state index contributed by atoms with van der Waals surface area (Å²) in [5, 5.41) is 5.86. The SMILES string of the molecule is O=C(Cc1ccccc1)Nc1ccc([C@@H]2OC(=O)N(Cc3ccccc3)[C@H]2C(=O)NC[C@H]2CCCO2)cc1. The third-order valence-electron chi connectivity index (χ3n) is 6.81. The number of benzene rings is 3. The van der Waals surface area contributed by atoms with Crippen molar-refractivity contribution in [2.75, 3.05) is 18.5 Å². The van der Waals surface area contributed by atoms with E-state index in [9.17, 15) is 14.4 Å². The molecule has 0 spiro atoms. The van der Waals surface area contributed by atoms with Crippen LogP contribution in [0.15, 0.2) is 84.9 Å². The Morgan fingerprint density at radius 1 is 0.895 bits per heavy atom. The van der Waals surface area contributed by atoms with Crippen LogP contribution in [-0.2, 0) is 32.0 Å². The molecule has 0 saturated carbocycles. The zero-order chi connectivity index (χ0) is 26.3. The van der Waals surface area contributed by atoms with Gasteiger partial charge in [0, 0.05) is 18.8 Å². The number of nitrogens with one attached hydrogen (secondary N) is 2. The molecule has 0 unspecified atom stereocenters. The maximum absolute atomic E-state index is 13.4. The second kappa shape index (κ2) is 11.9. The van der Waals surface area contributed by atoms with Gasteiger partial charge in [0.1, 0.15) is 0 Å². The van der Waals surface area contributed by atoms with Crippen LogP contribution in [0.5, 0.6) is 0 Å². The van der Waals surface area contributed by atoms with E-state index in [2.05, 4.69) is 10.6 Å². The smallest absolute Gasteiger partial charge is 0.411 e. The Kier molecular flexibility index (Phi) is 7.99. The quantitative estimate of drug-likeness (QED) is 0.447. The summed E-state index contributed by atoms with van der Waals surface area (Å²) >= 11 is 0. The van der Waals surface area contributed by atoms with Crippen molar-refractivity contribution in [3.05, 3.63) is 102 Å². The number of nitrogens with zero attached hydrogens (tertiary/aromatic N) is 1. The van der Waals surface area contributed by atoms with E-state index in [1.807, 2.05) is 60.7 Å². The van der Waals surface area contributed by atoms with E-state index in [1.165, 1.54) is 4.90 Å². The van der Waals surface area contributed by atoms with Gasteiger partial charge in [-0.25, -0.2) is 4.79 Å². The Bertz CT molecular complexity index is 1240. The maximum Gasteiger partial charge on any atom is 0.411 e. The lowest BCUT2D eigenvalue weighted by Gasteiger charge is -2.25. The van der Waals surface area contributed by atoms with Gasteiger partial charge in [-0.1, -0.05) is 72.8 Å². The van der Waals surface area contributed by atoms with Crippen LogP contribution in [0, 0.1) is 0 Å². The van der Waals surface area contributed by atoms with Crippen molar-refractivity contribution < 1.29 is 23.9 Å². The van der Waals surface area contributed by atoms with Gasteiger partial charge in [-0.05, 0) is 41.7 Å². The van der Waals surface area contributed by atoms with Crippen molar-refractivity contribution in [2.24, 2.45) is 0 Å². The van der Waals surface area contributed by atoms with Gasteiger partial charge in [-0.15, -0.1) is 0 Å². The molecule has 5 rings (SSSR count). The second-order valence-corrected chi connectivity index (χ2v) is 9.58. The fourth-order valence-corrected chi connectivity index (χ4v) is 4.86. The molecule has 3 amide bonds. The molecule has 0 bridgehead atoms. The number of hydrogen-bond donors (Lipinski definition) is 2. The molecule has 3 aromatic rings. The third kappa shape index (κ3) is 6.20. The minimum absolute atomic E-state index is 0.0169. The van der Waals surface area contributed by atoms with Crippen molar-refractivity contribution >= 4 is 23.6 Å². The highest BCUT2D eigenvalue weighted by molar-refractivity contribution is 5.92. The van der Waals surface area contributed by atoms with E-state index in [-0.39, 0.29) is 30.9 Å². The highest BCUT2D eigenvalue weighted by Crippen LogP contribution is 2.34. The fraction of sp³-hybridized carbons (Fsp3) is 0.300. The number of cyclic esters (lactones) is 1. The van der Waals surface area contributed by atoms with E-state index >= 15 is 0 Å². The monoisotopic (exact) mass is 513 g/mol. The molecule has 0 aromatic heterocycles. The van der Waals surface area contributed by atoms with Gasteiger partial charge in [0.15, 0.2) is 12.1 Å². The van der Waals surface area contributed by atoms with Crippen molar-refractivity contribution in [1.29, 1.82) is 0 Å². The van der Waals surface area contributed by atoms with E-state index in [0.29, 0.717) is 24.4 Å². The summed E-state index contributed by atoms with van der Waals surface area (Å²) in [5.41, 5.74) is 3.13. The number of anilines is 1. The molecule has 2 N–H and O–H groups in total. The molecule has 8 heteroatoms. The van der Waals surface area contributed by atoms with Gasteiger partial charge >= 0.3 is 6.09 Å². The molecular formula is C30H31N3O5. The summed E-state index contributed by atoms with van der Waals surface area (Å²) in [6, 6.07) is 25.3. The van der Waals surface area contributed by atoms with Crippen molar-refractivity contribution in [3.63, 3.8) is 0 Å². The summed E-state index contributed by atoms with van der Waals surface area (Å²) < 4.78 is 11.4. The number of carbonyl (C=O) groups is 3. The van der Waals surface area contributed by atoms with Gasteiger partial charge in [-0.2, -0.15) is 0 Å². The first kappa shape index (κ1) is 25.5. The van der Waals surface area contributed by atoms with Gasteiger partial charge in [0.25, 0.3) is 0 Å². The Morgan fingerprint density at radius 2 is 1.58 bits per heavy atom. The molecule has 38 heavy (non-hydrogen) atoms. The van der Waals surface area contributed by atoms with E-state index in [4.69, 9.17) is 9.47 Å². The number of ether oxygens (including phenoxy) is 2. The predicted octanol–water partition coefficient (Wildman–Crippen LogP) is 4.23. The zero-order valence-electron chi connectivity index (χ0n) is 21.0.